The molecule has 2 rings (SSSR count). The van der Waals surface area contributed by atoms with Crippen LogP contribution in [-0.2, 0) is 4.79 Å². The highest BCUT2D eigenvalue weighted by Crippen LogP contribution is 2.37. The van der Waals surface area contributed by atoms with Crippen LogP contribution in [0, 0.1) is 17.8 Å². The van der Waals surface area contributed by atoms with Gasteiger partial charge < -0.3 is 20.4 Å². The second-order valence-corrected chi connectivity index (χ2v) is 6.09. The van der Waals surface area contributed by atoms with Gasteiger partial charge in [0.25, 0.3) is 0 Å². The third-order valence-corrected chi connectivity index (χ3v) is 4.62. The molecule has 6 nitrogen and oxygen atoms in total. The van der Waals surface area contributed by atoms with Gasteiger partial charge in [-0.2, -0.15) is 0 Å². The summed E-state index contributed by atoms with van der Waals surface area (Å²) in [5.74, 6) is -0.471. The number of hydrogen-bond acceptors (Lipinski definition) is 3. The largest absolute Gasteiger partial charge is 0.481 e. The molecule has 1 heterocycles. The Balaban J connectivity index is 1.65. The monoisotopic (exact) mass is 284 g/mol. The molecule has 0 bridgehead atoms. The summed E-state index contributed by atoms with van der Waals surface area (Å²) >= 11 is 0. The molecular formula is C14H24N2O4. The number of carbonyl (C=O) groups is 2. The molecule has 2 aliphatic rings. The molecule has 1 aliphatic heterocycles. The molecule has 1 saturated carbocycles. The van der Waals surface area contributed by atoms with E-state index in [1.165, 1.54) is 0 Å². The average molecular weight is 284 g/mol. The molecular weight excluding hydrogens is 260 g/mol. The zero-order valence-corrected chi connectivity index (χ0v) is 11.9. The van der Waals surface area contributed by atoms with E-state index < -0.39 is 5.97 Å². The molecule has 4 unspecified atom stereocenters. The van der Waals surface area contributed by atoms with Crippen LogP contribution in [0.5, 0.6) is 0 Å². The van der Waals surface area contributed by atoms with Crippen molar-refractivity contribution in [1.29, 1.82) is 0 Å². The number of hydrogen-bond donors (Lipinski definition) is 3. The number of aliphatic hydroxyl groups is 1. The fraction of sp³-hybridized carbons (Fsp3) is 0.857. The molecule has 114 valence electrons. The van der Waals surface area contributed by atoms with E-state index in [0.717, 1.165) is 19.4 Å². The quantitative estimate of drug-likeness (QED) is 0.654. The summed E-state index contributed by atoms with van der Waals surface area (Å²) in [4.78, 5) is 24.4. The Kier molecular flexibility index (Phi) is 4.86. The van der Waals surface area contributed by atoms with Crippen molar-refractivity contribution in [1.82, 2.24) is 10.2 Å². The zero-order valence-electron chi connectivity index (χ0n) is 11.9. The first-order valence-electron chi connectivity index (χ1n) is 7.42. The molecule has 0 spiro atoms. The molecule has 2 fully saturated rings. The van der Waals surface area contributed by atoms with Crippen LogP contribution in [-0.4, -0.2) is 52.9 Å². The molecule has 2 amide bonds. The van der Waals surface area contributed by atoms with Crippen LogP contribution in [0.1, 0.15) is 32.6 Å². The van der Waals surface area contributed by atoms with E-state index in [1.54, 1.807) is 11.8 Å². The number of nitrogens with zero attached hydrogens (tertiary/aromatic N) is 1. The molecule has 0 radical (unpaired) electrons. The van der Waals surface area contributed by atoms with Crippen molar-refractivity contribution in [2.45, 2.75) is 38.7 Å². The van der Waals surface area contributed by atoms with Gasteiger partial charge >= 0.3 is 12.0 Å². The minimum Gasteiger partial charge on any atom is -0.481 e. The Morgan fingerprint density at radius 3 is 2.75 bits per heavy atom. The Labute approximate surface area is 119 Å². The molecule has 1 saturated heterocycles. The molecule has 6 heteroatoms. The third-order valence-electron chi connectivity index (χ3n) is 4.62. The summed E-state index contributed by atoms with van der Waals surface area (Å²) in [6, 6.07) is -0.0884. The smallest absolute Gasteiger partial charge is 0.317 e. The van der Waals surface area contributed by atoms with Crippen LogP contribution in [0.15, 0.2) is 0 Å². The van der Waals surface area contributed by atoms with Gasteiger partial charge in [0.1, 0.15) is 0 Å². The number of amides is 2. The minimum absolute atomic E-state index is 0.0884. The van der Waals surface area contributed by atoms with Crippen LogP contribution in [0.25, 0.3) is 0 Å². The number of nitrogens with one attached hydrogen (secondary N) is 1. The van der Waals surface area contributed by atoms with Crippen LogP contribution >= 0.6 is 0 Å². The first-order valence-corrected chi connectivity index (χ1v) is 7.42. The van der Waals surface area contributed by atoms with Crippen LogP contribution < -0.4 is 5.32 Å². The highest BCUT2D eigenvalue weighted by atomic mass is 16.4. The molecule has 0 aromatic rings. The van der Waals surface area contributed by atoms with E-state index >= 15 is 0 Å². The van der Waals surface area contributed by atoms with E-state index in [0.29, 0.717) is 31.8 Å². The van der Waals surface area contributed by atoms with E-state index in [-0.39, 0.29) is 24.0 Å². The molecule has 3 N–H and O–H groups in total. The maximum absolute atomic E-state index is 12.0. The molecule has 20 heavy (non-hydrogen) atoms. The van der Waals surface area contributed by atoms with Gasteiger partial charge in [0.2, 0.25) is 0 Å². The molecule has 4 atom stereocenters. The average Bonchev–Trinajstić information content (AvgIpc) is 2.97. The maximum Gasteiger partial charge on any atom is 0.317 e. The van der Waals surface area contributed by atoms with Crippen LogP contribution in [0.3, 0.4) is 0 Å². The Bertz CT molecular complexity index is 374. The normalized spacial score (nSPS) is 30.1. The van der Waals surface area contributed by atoms with E-state index in [1.807, 2.05) is 0 Å². The summed E-state index contributed by atoms with van der Waals surface area (Å²) in [5, 5.41) is 21.4. The van der Waals surface area contributed by atoms with Crippen molar-refractivity contribution in [3.63, 3.8) is 0 Å². The number of likely N-dealkylation sites (tertiary alicyclic amines) is 1. The molecule has 1 aliphatic carbocycles. The van der Waals surface area contributed by atoms with E-state index in [4.69, 9.17) is 5.11 Å². The number of carbonyl (C=O) groups excluding carboxylic acids is 1. The number of fused-ring (bicyclic) bond motifs is 1. The standard InChI is InChI=1S/C14H24N2O4/c1-9(13(18)19)3-2-6-15-14(20)16-7-10-4-5-12(17)11(10)8-16/h9-12,17H,2-8H2,1H3,(H,15,20)(H,18,19). The number of rotatable bonds is 5. The van der Waals surface area contributed by atoms with Crippen LogP contribution in [0.2, 0.25) is 0 Å². The Morgan fingerprint density at radius 1 is 1.35 bits per heavy atom. The van der Waals surface area contributed by atoms with Gasteiger partial charge in [-0.05, 0) is 31.6 Å². The highest BCUT2D eigenvalue weighted by molar-refractivity contribution is 5.74. The molecule has 0 aromatic heterocycles. The topological polar surface area (TPSA) is 89.9 Å². The fourth-order valence-corrected chi connectivity index (χ4v) is 3.24. The fourth-order valence-electron chi connectivity index (χ4n) is 3.24. The summed E-state index contributed by atoms with van der Waals surface area (Å²) in [7, 11) is 0. The van der Waals surface area contributed by atoms with Gasteiger partial charge in [0.15, 0.2) is 0 Å². The maximum atomic E-state index is 12.0. The Hall–Kier alpha value is -1.30. The summed E-state index contributed by atoms with van der Waals surface area (Å²) < 4.78 is 0. The number of urea groups is 1. The van der Waals surface area contributed by atoms with E-state index in [2.05, 4.69) is 5.32 Å². The first kappa shape index (κ1) is 15.1. The van der Waals surface area contributed by atoms with Crippen molar-refractivity contribution < 1.29 is 19.8 Å². The van der Waals surface area contributed by atoms with E-state index in [9.17, 15) is 14.7 Å². The number of carboxylic acids is 1. The SMILES string of the molecule is CC(CCCNC(=O)N1CC2CCC(O)C2C1)C(=O)O. The van der Waals surface area contributed by atoms with Crippen molar-refractivity contribution in [3.05, 3.63) is 0 Å². The predicted molar refractivity (Wildman–Crippen MR) is 73.2 cm³/mol. The lowest BCUT2D eigenvalue weighted by Crippen LogP contribution is -2.40. The van der Waals surface area contributed by atoms with Crippen molar-refractivity contribution in [2.24, 2.45) is 17.8 Å². The summed E-state index contributed by atoms with van der Waals surface area (Å²) in [6.07, 6.45) is 2.85. The zero-order chi connectivity index (χ0) is 14.7. The lowest BCUT2D eigenvalue weighted by molar-refractivity contribution is -0.141. The van der Waals surface area contributed by atoms with Crippen molar-refractivity contribution in [2.75, 3.05) is 19.6 Å². The van der Waals surface area contributed by atoms with Gasteiger partial charge in [0, 0.05) is 25.6 Å². The van der Waals surface area contributed by atoms with Crippen molar-refractivity contribution in [3.8, 4) is 0 Å². The minimum atomic E-state index is -0.794. The van der Waals surface area contributed by atoms with Gasteiger partial charge in [0.05, 0.1) is 12.0 Å². The summed E-state index contributed by atoms with van der Waals surface area (Å²) in [5.41, 5.74) is 0. The van der Waals surface area contributed by atoms with Gasteiger partial charge in [-0.15, -0.1) is 0 Å². The Morgan fingerprint density at radius 2 is 2.10 bits per heavy atom. The van der Waals surface area contributed by atoms with Crippen molar-refractivity contribution >= 4 is 12.0 Å². The predicted octanol–water partition coefficient (Wildman–Crippen LogP) is 0.900. The number of aliphatic hydroxyl groups excluding tert-OH is 1. The van der Waals surface area contributed by atoms with Gasteiger partial charge in [-0.1, -0.05) is 6.92 Å². The lowest BCUT2D eigenvalue weighted by atomic mass is 10.00. The molecule has 0 aromatic carbocycles. The lowest BCUT2D eigenvalue weighted by Gasteiger charge is -2.19. The first-order chi connectivity index (χ1) is 9.49. The summed E-state index contributed by atoms with van der Waals surface area (Å²) in [6.45, 7) is 3.56. The van der Waals surface area contributed by atoms with Gasteiger partial charge in [-0.3, -0.25) is 4.79 Å². The van der Waals surface area contributed by atoms with Gasteiger partial charge in [-0.25, -0.2) is 4.79 Å². The second kappa shape index (κ2) is 6.43. The van der Waals surface area contributed by atoms with Crippen LogP contribution in [0.4, 0.5) is 4.79 Å². The third kappa shape index (κ3) is 3.42. The number of carboxylic acid groups (broad SMARTS) is 1. The second-order valence-electron chi connectivity index (χ2n) is 6.09. The number of aliphatic carboxylic acids is 1. The highest BCUT2D eigenvalue weighted by Gasteiger charge is 2.43.